The number of nitrogens with zero attached hydrogens (tertiary/aromatic N) is 1. The number of carbonyl (C=O) groups excluding carboxylic acids is 2. The number of aliphatic hydroxyl groups is 1. The topological polar surface area (TPSA) is 109 Å². The summed E-state index contributed by atoms with van der Waals surface area (Å²) in [6.07, 6.45) is 4.18. The molecule has 1 saturated carbocycles. The minimum absolute atomic E-state index is 0.00645. The Kier molecular flexibility index (Phi) is 6.71. The van der Waals surface area contributed by atoms with Crippen LogP contribution in [0, 0.1) is 0 Å². The molecule has 3 fully saturated rings. The normalized spacial score (nSPS) is 29.2. The van der Waals surface area contributed by atoms with Crippen LogP contribution in [0.1, 0.15) is 50.0 Å². The van der Waals surface area contributed by atoms with Crippen LogP contribution in [0.15, 0.2) is 18.2 Å². The molecule has 9 heteroatoms. The highest BCUT2D eigenvalue weighted by Gasteiger charge is 2.46. The number of ether oxygens (including phenoxy) is 3. The summed E-state index contributed by atoms with van der Waals surface area (Å²) in [6.45, 7) is 2.15. The first-order chi connectivity index (χ1) is 16.1. The molecule has 0 radical (unpaired) electrons. The third-order valence-electron chi connectivity index (χ3n) is 7.21. The summed E-state index contributed by atoms with van der Waals surface area (Å²) in [6, 6.07) is 5.71. The van der Waals surface area contributed by atoms with Crippen LogP contribution in [0.5, 0.6) is 5.75 Å². The van der Waals surface area contributed by atoms with Gasteiger partial charge < -0.3 is 34.9 Å². The van der Waals surface area contributed by atoms with Crippen LogP contribution >= 0.6 is 0 Å². The number of amides is 3. The monoisotopic (exact) mass is 459 g/mol. The average Bonchev–Trinajstić information content (AvgIpc) is 3.46. The fraction of sp³-hybridized carbons (Fsp3) is 0.667. The molecule has 5 rings (SSSR count). The Morgan fingerprint density at radius 3 is 2.70 bits per heavy atom. The molecule has 0 bridgehead atoms. The summed E-state index contributed by atoms with van der Waals surface area (Å²) in [7, 11) is 0. The van der Waals surface area contributed by atoms with E-state index in [0.717, 1.165) is 37.0 Å². The lowest BCUT2D eigenvalue weighted by molar-refractivity contribution is -0.151. The van der Waals surface area contributed by atoms with Crippen molar-refractivity contribution in [1.29, 1.82) is 0 Å². The molecule has 2 saturated heterocycles. The fourth-order valence-corrected chi connectivity index (χ4v) is 5.53. The largest absolute Gasteiger partial charge is 0.487 e. The molecule has 9 nitrogen and oxygen atoms in total. The number of morpholine rings is 1. The van der Waals surface area contributed by atoms with E-state index in [9.17, 15) is 14.7 Å². The highest BCUT2D eigenvalue weighted by Crippen LogP contribution is 2.47. The molecule has 4 atom stereocenters. The van der Waals surface area contributed by atoms with Crippen molar-refractivity contribution < 1.29 is 28.9 Å². The maximum Gasteiger partial charge on any atom is 0.319 e. The van der Waals surface area contributed by atoms with Gasteiger partial charge in [-0.05, 0) is 37.5 Å². The number of carbonyl (C=O) groups is 2. The highest BCUT2D eigenvalue weighted by atomic mass is 16.6. The summed E-state index contributed by atoms with van der Waals surface area (Å²) >= 11 is 0. The van der Waals surface area contributed by atoms with E-state index in [1.165, 1.54) is 0 Å². The van der Waals surface area contributed by atoms with Gasteiger partial charge in [0.25, 0.3) is 0 Å². The van der Waals surface area contributed by atoms with Gasteiger partial charge in [-0.3, -0.25) is 4.79 Å². The van der Waals surface area contributed by atoms with E-state index in [-0.39, 0.29) is 49.1 Å². The van der Waals surface area contributed by atoms with Crippen LogP contribution in [-0.4, -0.2) is 79.2 Å². The van der Waals surface area contributed by atoms with Crippen molar-refractivity contribution in [3.63, 3.8) is 0 Å². The lowest BCUT2D eigenvalue weighted by Gasteiger charge is -2.38. The summed E-state index contributed by atoms with van der Waals surface area (Å²) < 4.78 is 17.5. The van der Waals surface area contributed by atoms with Crippen LogP contribution in [0.25, 0.3) is 0 Å². The predicted octanol–water partition coefficient (Wildman–Crippen LogP) is 1.99. The van der Waals surface area contributed by atoms with Gasteiger partial charge in [0.05, 0.1) is 32.3 Å². The Morgan fingerprint density at radius 2 is 1.94 bits per heavy atom. The molecule has 3 amide bonds. The Hall–Kier alpha value is -2.36. The number of hydrogen-bond donors (Lipinski definition) is 3. The van der Waals surface area contributed by atoms with E-state index in [1.54, 1.807) is 0 Å². The second-order valence-corrected chi connectivity index (χ2v) is 9.43. The Morgan fingerprint density at radius 1 is 1.15 bits per heavy atom. The van der Waals surface area contributed by atoms with Gasteiger partial charge in [-0.2, -0.15) is 0 Å². The fourth-order valence-electron chi connectivity index (χ4n) is 5.53. The van der Waals surface area contributed by atoms with Gasteiger partial charge in [-0.15, -0.1) is 0 Å². The number of nitrogens with one attached hydrogen (secondary N) is 2. The predicted molar refractivity (Wildman–Crippen MR) is 120 cm³/mol. The van der Waals surface area contributed by atoms with Gasteiger partial charge in [0.1, 0.15) is 18.0 Å². The first kappa shape index (κ1) is 22.4. The van der Waals surface area contributed by atoms with E-state index < -0.39 is 6.10 Å². The molecular formula is C24H33N3O6. The Labute approximate surface area is 193 Å². The maximum absolute atomic E-state index is 12.8. The summed E-state index contributed by atoms with van der Waals surface area (Å²) in [5.74, 6) is 0.790. The lowest BCUT2D eigenvalue weighted by atomic mass is 9.84. The number of anilines is 1. The smallest absolute Gasteiger partial charge is 0.319 e. The number of rotatable bonds is 5. The van der Waals surface area contributed by atoms with Crippen molar-refractivity contribution in [2.45, 2.75) is 68.8 Å². The van der Waals surface area contributed by atoms with Crippen LogP contribution < -0.4 is 15.4 Å². The third kappa shape index (κ3) is 4.95. The van der Waals surface area contributed by atoms with Crippen molar-refractivity contribution in [2.24, 2.45) is 0 Å². The van der Waals surface area contributed by atoms with Gasteiger partial charge >= 0.3 is 6.03 Å². The van der Waals surface area contributed by atoms with Crippen molar-refractivity contribution in [2.75, 3.05) is 38.2 Å². The number of fused-ring (bicyclic) bond motifs is 3. The molecule has 4 aliphatic rings. The van der Waals surface area contributed by atoms with E-state index in [2.05, 4.69) is 10.6 Å². The third-order valence-corrected chi connectivity index (χ3v) is 7.21. The van der Waals surface area contributed by atoms with Gasteiger partial charge in [0.2, 0.25) is 5.91 Å². The zero-order valence-corrected chi connectivity index (χ0v) is 18.8. The van der Waals surface area contributed by atoms with Gasteiger partial charge in [0.15, 0.2) is 0 Å². The molecule has 0 unspecified atom stereocenters. The average molecular weight is 460 g/mol. The minimum atomic E-state index is -0.499. The van der Waals surface area contributed by atoms with E-state index >= 15 is 0 Å². The van der Waals surface area contributed by atoms with Gasteiger partial charge in [0, 0.05) is 36.3 Å². The molecular weight excluding hydrogens is 426 g/mol. The second-order valence-electron chi connectivity index (χ2n) is 9.43. The van der Waals surface area contributed by atoms with Gasteiger partial charge in [-0.1, -0.05) is 12.8 Å². The molecule has 1 aromatic carbocycles. The number of urea groups is 1. The van der Waals surface area contributed by atoms with Crippen LogP contribution in [0.3, 0.4) is 0 Å². The molecule has 3 aliphatic heterocycles. The van der Waals surface area contributed by atoms with Crippen molar-refractivity contribution in [3.8, 4) is 5.75 Å². The van der Waals surface area contributed by atoms with E-state index in [1.807, 2.05) is 23.1 Å². The Bertz CT molecular complexity index is 868. The quantitative estimate of drug-likeness (QED) is 0.621. The van der Waals surface area contributed by atoms with E-state index in [0.29, 0.717) is 38.4 Å². The first-order valence-corrected chi connectivity index (χ1v) is 12.1. The minimum Gasteiger partial charge on any atom is -0.487 e. The summed E-state index contributed by atoms with van der Waals surface area (Å²) in [4.78, 5) is 27.0. The van der Waals surface area contributed by atoms with Crippen LogP contribution in [0.4, 0.5) is 10.5 Å². The first-order valence-electron chi connectivity index (χ1n) is 12.1. The lowest BCUT2D eigenvalue weighted by Crippen LogP contribution is -2.48. The molecule has 0 spiro atoms. The highest BCUT2D eigenvalue weighted by molar-refractivity contribution is 5.89. The zero-order valence-electron chi connectivity index (χ0n) is 18.8. The molecule has 33 heavy (non-hydrogen) atoms. The summed E-state index contributed by atoms with van der Waals surface area (Å²) in [5.41, 5.74) is 1.70. The summed E-state index contributed by atoms with van der Waals surface area (Å²) in [5, 5.41) is 15.9. The number of hydrogen-bond acceptors (Lipinski definition) is 6. The van der Waals surface area contributed by atoms with E-state index in [4.69, 9.17) is 14.2 Å². The maximum atomic E-state index is 12.8. The molecule has 0 aromatic heterocycles. The second kappa shape index (κ2) is 9.87. The molecule has 3 N–H and O–H groups in total. The molecule has 180 valence electrons. The number of benzene rings is 1. The number of aliphatic hydroxyl groups excluding tert-OH is 1. The van der Waals surface area contributed by atoms with Crippen molar-refractivity contribution in [3.05, 3.63) is 23.8 Å². The molecule has 1 aliphatic carbocycles. The van der Waals surface area contributed by atoms with Crippen molar-refractivity contribution in [1.82, 2.24) is 10.2 Å². The SMILES string of the molecule is O=C(Nc1ccc2c(c1)[C@H]1C[C@H](CC(=O)N3CCOCC3)O[C@H](CO)[C@H]1O2)NC1CCCC1. The van der Waals surface area contributed by atoms with Crippen LogP contribution in [0.2, 0.25) is 0 Å². The standard InChI is InChI=1S/C24H33N3O6/c28-14-21-23-19(12-17(32-21)13-22(29)27-7-9-31-10-8-27)18-11-16(5-6-20(18)33-23)26-24(30)25-15-3-1-2-4-15/h5-6,11,15,17,19,21,23,28H,1-4,7-10,12-14H2,(H2,25,26,30)/t17-,19-,21-,23+/m1/s1. The van der Waals surface area contributed by atoms with Crippen LogP contribution in [-0.2, 0) is 14.3 Å². The van der Waals surface area contributed by atoms with Gasteiger partial charge in [-0.25, -0.2) is 4.79 Å². The Balaban J connectivity index is 1.26. The zero-order chi connectivity index (χ0) is 22.8. The van der Waals surface area contributed by atoms with Crippen molar-refractivity contribution >= 4 is 17.6 Å². The molecule has 3 heterocycles. The molecule has 1 aromatic rings.